The number of hydrogen-bond donors (Lipinski definition) is 0. The Labute approximate surface area is 160 Å². The Bertz CT molecular complexity index is 1030. The lowest BCUT2D eigenvalue weighted by molar-refractivity contribution is -0.384. The van der Waals surface area contributed by atoms with Crippen LogP contribution in [-0.2, 0) is 9.59 Å². The molecule has 1 amide bonds. The number of nitro benzene ring substituents is 1. The molecule has 1 heterocycles. The van der Waals surface area contributed by atoms with E-state index < -0.39 is 16.7 Å². The minimum Gasteiger partial charge on any atom is -0.294 e. The number of nitrogens with zero attached hydrogens (tertiary/aromatic N) is 2. The van der Waals surface area contributed by atoms with Gasteiger partial charge in [-0.1, -0.05) is 18.2 Å². The van der Waals surface area contributed by atoms with Crippen LogP contribution in [0.2, 0.25) is 0 Å². The van der Waals surface area contributed by atoms with Gasteiger partial charge < -0.3 is 0 Å². The van der Waals surface area contributed by atoms with Crippen molar-refractivity contribution in [2.24, 2.45) is 0 Å². The maximum atomic E-state index is 13.7. The third kappa shape index (κ3) is 3.09. The number of carbonyl (C=O) groups is 2. The highest BCUT2D eigenvalue weighted by Gasteiger charge is 2.40. The highest BCUT2D eigenvalue weighted by molar-refractivity contribution is 6.07. The number of hydrogen-bond acceptors (Lipinski definition) is 4. The quantitative estimate of drug-likeness (QED) is 0.589. The van der Waals surface area contributed by atoms with E-state index in [0.717, 1.165) is 0 Å². The Hall–Kier alpha value is -3.35. The fourth-order valence-corrected chi connectivity index (χ4v) is 4.05. The lowest BCUT2D eigenvalue weighted by atomic mass is 9.77. The molecule has 0 bridgehead atoms. The Morgan fingerprint density at radius 2 is 1.86 bits per heavy atom. The molecule has 142 valence electrons. The predicted molar refractivity (Wildman–Crippen MR) is 100 cm³/mol. The molecule has 0 radical (unpaired) electrons. The van der Waals surface area contributed by atoms with Crippen LogP contribution in [0.15, 0.2) is 59.8 Å². The van der Waals surface area contributed by atoms with Crippen molar-refractivity contribution >= 4 is 23.1 Å². The molecule has 0 spiro atoms. The molecule has 6 nitrogen and oxygen atoms in total. The molecule has 7 heteroatoms. The number of Topliss-reactive ketones (excluding diaryl/α,β-unsaturated/α-hetero) is 1. The molecule has 0 saturated heterocycles. The van der Waals surface area contributed by atoms with Gasteiger partial charge in [-0.3, -0.25) is 24.6 Å². The molecule has 0 saturated carbocycles. The topological polar surface area (TPSA) is 80.5 Å². The van der Waals surface area contributed by atoms with E-state index in [1.54, 1.807) is 18.2 Å². The van der Waals surface area contributed by atoms with E-state index in [9.17, 15) is 24.1 Å². The summed E-state index contributed by atoms with van der Waals surface area (Å²) in [6, 6.07) is 11.8. The van der Waals surface area contributed by atoms with E-state index in [-0.39, 0.29) is 23.8 Å². The number of carbonyl (C=O) groups excluding carboxylic acids is 2. The molecular weight excluding hydrogens is 363 g/mol. The zero-order valence-corrected chi connectivity index (χ0v) is 14.9. The summed E-state index contributed by atoms with van der Waals surface area (Å²) in [5.41, 5.74) is 1.93. The number of allylic oxidation sites excluding steroid dienone is 2. The Morgan fingerprint density at radius 1 is 1.07 bits per heavy atom. The minimum atomic E-state index is -0.519. The molecule has 1 unspecified atom stereocenters. The molecule has 1 atom stereocenters. The lowest BCUT2D eigenvalue weighted by Gasteiger charge is -2.38. The van der Waals surface area contributed by atoms with Crippen molar-refractivity contribution < 1.29 is 18.9 Å². The molecule has 28 heavy (non-hydrogen) atoms. The zero-order chi connectivity index (χ0) is 19.8. The second-order valence-corrected chi connectivity index (χ2v) is 6.95. The Kier molecular flexibility index (Phi) is 4.50. The maximum Gasteiger partial charge on any atom is 0.271 e. The first-order valence-corrected chi connectivity index (χ1v) is 9.05. The summed E-state index contributed by atoms with van der Waals surface area (Å²) in [6.45, 7) is 0. The molecule has 1 aliphatic heterocycles. The van der Waals surface area contributed by atoms with Gasteiger partial charge in [0.15, 0.2) is 5.78 Å². The van der Waals surface area contributed by atoms with Gasteiger partial charge in [0, 0.05) is 42.2 Å². The van der Waals surface area contributed by atoms with Gasteiger partial charge in [0.1, 0.15) is 5.82 Å². The van der Waals surface area contributed by atoms with Crippen molar-refractivity contribution in [3.05, 3.63) is 81.3 Å². The summed E-state index contributed by atoms with van der Waals surface area (Å²) in [7, 11) is 0. The van der Waals surface area contributed by atoms with Crippen LogP contribution in [0.3, 0.4) is 0 Å². The Morgan fingerprint density at radius 3 is 2.61 bits per heavy atom. The summed E-state index contributed by atoms with van der Waals surface area (Å²) >= 11 is 0. The van der Waals surface area contributed by atoms with Crippen LogP contribution in [0.1, 0.15) is 37.2 Å². The van der Waals surface area contributed by atoms with Crippen molar-refractivity contribution in [2.75, 3.05) is 4.90 Å². The van der Waals surface area contributed by atoms with Gasteiger partial charge in [0.25, 0.3) is 5.69 Å². The standard InChI is InChI=1S/C21H17FN2O4/c22-14-5-1-4-13(10-14)17-12-20(26)23(18-8-3-9-19(25)21(17)18)15-6-2-7-16(11-15)24(27)28/h1-2,4-7,10-11,17H,3,8-9,12H2. The normalized spacial score (nSPS) is 19.6. The van der Waals surface area contributed by atoms with Crippen LogP contribution in [-0.4, -0.2) is 16.6 Å². The molecule has 2 aromatic carbocycles. The average molecular weight is 380 g/mol. The second-order valence-electron chi connectivity index (χ2n) is 6.95. The first-order chi connectivity index (χ1) is 13.5. The van der Waals surface area contributed by atoms with Gasteiger partial charge in [-0.25, -0.2) is 4.39 Å². The minimum absolute atomic E-state index is 0.0106. The van der Waals surface area contributed by atoms with Crippen LogP contribution in [0.5, 0.6) is 0 Å². The van der Waals surface area contributed by atoms with Crippen LogP contribution < -0.4 is 4.90 Å². The van der Waals surface area contributed by atoms with Crippen molar-refractivity contribution in [3.8, 4) is 0 Å². The van der Waals surface area contributed by atoms with E-state index in [0.29, 0.717) is 41.8 Å². The number of rotatable bonds is 3. The Balaban J connectivity index is 1.86. The van der Waals surface area contributed by atoms with Gasteiger partial charge in [-0.05, 0) is 36.6 Å². The molecule has 2 aromatic rings. The monoisotopic (exact) mass is 380 g/mol. The smallest absolute Gasteiger partial charge is 0.271 e. The third-order valence-corrected chi connectivity index (χ3v) is 5.23. The molecule has 0 fully saturated rings. The van der Waals surface area contributed by atoms with Gasteiger partial charge >= 0.3 is 0 Å². The van der Waals surface area contributed by atoms with Crippen LogP contribution >= 0.6 is 0 Å². The van der Waals surface area contributed by atoms with Crippen molar-refractivity contribution in [1.29, 1.82) is 0 Å². The summed E-state index contributed by atoms with van der Waals surface area (Å²) < 4.78 is 13.7. The van der Waals surface area contributed by atoms with E-state index in [1.807, 2.05) is 0 Å². The number of non-ortho nitro benzene ring substituents is 1. The van der Waals surface area contributed by atoms with Crippen LogP contribution in [0.25, 0.3) is 0 Å². The predicted octanol–water partition coefficient (Wildman–Crippen LogP) is 4.26. The van der Waals surface area contributed by atoms with Gasteiger partial charge in [0.2, 0.25) is 5.91 Å². The zero-order valence-electron chi connectivity index (χ0n) is 14.9. The van der Waals surface area contributed by atoms with E-state index in [4.69, 9.17) is 0 Å². The van der Waals surface area contributed by atoms with E-state index >= 15 is 0 Å². The molecular formula is C21H17FN2O4. The number of ketones is 1. The highest BCUT2D eigenvalue weighted by Crippen LogP contribution is 2.43. The number of halogens is 1. The molecule has 0 N–H and O–H groups in total. The van der Waals surface area contributed by atoms with Gasteiger partial charge in [0.05, 0.1) is 10.6 Å². The first kappa shape index (κ1) is 18.0. The number of nitro groups is 1. The molecule has 0 aromatic heterocycles. The number of amides is 1. The largest absolute Gasteiger partial charge is 0.294 e. The third-order valence-electron chi connectivity index (χ3n) is 5.23. The highest BCUT2D eigenvalue weighted by atomic mass is 19.1. The van der Waals surface area contributed by atoms with E-state index in [1.165, 1.54) is 35.2 Å². The first-order valence-electron chi connectivity index (χ1n) is 9.05. The summed E-state index contributed by atoms with van der Waals surface area (Å²) in [4.78, 5) is 37.8. The summed E-state index contributed by atoms with van der Waals surface area (Å²) in [5.74, 6) is -1.24. The van der Waals surface area contributed by atoms with Gasteiger partial charge in [-0.15, -0.1) is 0 Å². The number of benzene rings is 2. The lowest BCUT2D eigenvalue weighted by Crippen LogP contribution is -2.40. The average Bonchev–Trinajstić information content (AvgIpc) is 2.67. The SMILES string of the molecule is O=C1CCCC2=C1C(c1cccc(F)c1)CC(=O)N2c1cccc([N+](=O)[O-])c1. The van der Waals surface area contributed by atoms with Crippen LogP contribution in [0, 0.1) is 15.9 Å². The van der Waals surface area contributed by atoms with Gasteiger partial charge in [-0.2, -0.15) is 0 Å². The van der Waals surface area contributed by atoms with Crippen molar-refractivity contribution in [2.45, 2.75) is 31.6 Å². The molecule has 4 rings (SSSR count). The number of anilines is 1. The maximum absolute atomic E-state index is 13.7. The van der Waals surface area contributed by atoms with Crippen molar-refractivity contribution in [1.82, 2.24) is 0 Å². The molecule has 1 aliphatic carbocycles. The summed E-state index contributed by atoms with van der Waals surface area (Å²) in [5, 5.41) is 11.1. The summed E-state index contributed by atoms with van der Waals surface area (Å²) in [6.07, 6.45) is 1.51. The second kappa shape index (κ2) is 6.99. The fourth-order valence-electron chi connectivity index (χ4n) is 4.05. The fraction of sp³-hybridized carbons (Fsp3) is 0.238. The van der Waals surface area contributed by atoms with Crippen molar-refractivity contribution in [3.63, 3.8) is 0 Å². The van der Waals surface area contributed by atoms with Crippen LogP contribution in [0.4, 0.5) is 15.8 Å². The molecule has 2 aliphatic rings. The van der Waals surface area contributed by atoms with E-state index in [2.05, 4.69) is 0 Å².